The van der Waals surface area contributed by atoms with Gasteiger partial charge in [0, 0.05) is 44.9 Å². The first-order valence-corrected chi connectivity index (χ1v) is 12.6. The molecular weight excluding hydrogens is 454 g/mol. The molecule has 8 nitrogen and oxygen atoms in total. The average molecular weight is 482 g/mol. The van der Waals surface area contributed by atoms with Gasteiger partial charge in [-0.05, 0) is 17.2 Å². The zero-order valence-electron chi connectivity index (χ0n) is 18.7. The fraction of sp³-hybridized carbons (Fsp3) is 0.280. The van der Waals surface area contributed by atoms with E-state index in [2.05, 4.69) is 29.2 Å². The van der Waals surface area contributed by atoms with Crippen molar-refractivity contribution in [2.75, 3.05) is 39.3 Å². The molecule has 3 aromatic rings. The van der Waals surface area contributed by atoms with Crippen molar-refractivity contribution in [1.29, 1.82) is 0 Å². The first kappa shape index (κ1) is 24.0. The first-order chi connectivity index (χ1) is 16.4. The molecule has 0 aliphatic carbocycles. The van der Waals surface area contributed by atoms with Gasteiger partial charge in [0.15, 0.2) is 0 Å². The second kappa shape index (κ2) is 10.9. The molecule has 9 heteroatoms. The molecule has 0 bridgehead atoms. The van der Waals surface area contributed by atoms with Crippen molar-refractivity contribution in [3.8, 4) is 0 Å². The molecule has 0 unspecified atom stereocenters. The molecule has 1 saturated heterocycles. The third-order valence-electron chi connectivity index (χ3n) is 5.89. The summed E-state index contributed by atoms with van der Waals surface area (Å²) in [5.41, 5.74) is 1.94. The van der Waals surface area contributed by atoms with E-state index in [-0.39, 0.29) is 16.7 Å². The SMILES string of the molecule is O=[N+]([O-])c1cccc(S(=O)(=O)N2CCN(CCOC(c3ccccc3)c3ccccc3)CC2)c1. The number of nitrogens with zero attached hydrogens (tertiary/aromatic N) is 3. The summed E-state index contributed by atoms with van der Waals surface area (Å²) in [7, 11) is -3.78. The third-order valence-corrected chi connectivity index (χ3v) is 7.79. The van der Waals surface area contributed by atoms with Gasteiger partial charge >= 0.3 is 0 Å². The Balaban J connectivity index is 1.33. The minimum absolute atomic E-state index is 0.0490. The van der Waals surface area contributed by atoms with Crippen LogP contribution in [0.2, 0.25) is 0 Å². The number of sulfonamides is 1. The number of hydrogen-bond donors (Lipinski definition) is 0. The molecular formula is C25H27N3O5S. The molecule has 0 N–H and O–H groups in total. The van der Waals surface area contributed by atoms with Crippen LogP contribution >= 0.6 is 0 Å². The molecule has 1 heterocycles. The maximum atomic E-state index is 12.9. The molecule has 178 valence electrons. The number of piperazine rings is 1. The molecule has 0 radical (unpaired) electrons. The van der Waals surface area contributed by atoms with E-state index in [0.29, 0.717) is 39.3 Å². The quantitative estimate of drug-likeness (QED) is 0.342. The summed E-state index contributed by atoms with van der Waals surface area (Å²) in [4.78, 5) is 12.5. The van der Waals surface area contributed by atoms with Gasteiger partial charge in [-0.3, -0.25) is 15.0 Å². The molecule has 1 aliphatic heterocycles. The highest BCUT2D eigenvalue weighted by Gasteiger charge is 2.29. The molecule has 0 aromatic heterocycles. The van der Waals surface area contributed by atoms with E-state index in [1.807, 2.05) is 36.4 Å². The summed E-state index contributed by atoms with van der Waals surface area (Å²) in [6, 6.07) is 25.3. The van der Waals surface area contributed by atoms with Gasteiger partial charge in [-0.2, -0.15) is 4.31 Å². The molecule has 1 aliphatic rings. The Morgan fingerprint density at radius 2 is 1.44 bits per heavy atom. The molecule has 0 amide bonds. The number of nitro benzene ring substituents is 1. The van der Waals surface area contributed by atoms with E-state index >= 15 is 0 Å². The number of hydrogen-bond acceptors (Lipinski definition) is 6. The van der Waals surface area contributed by atoms with Gasteiger partial charge in [-0.1, -0.05) is 66.7 Å². The van der Waals surface area contributed by atoms with Gasteiger partial charge in [-0.25, -0.2) is 8.42 Å². The van der Waals surface area contributed by atoms with Gasteiger partial charge in [-0.15, -0.1) is 0 Å². The van der Waals surface area contributed by atoms with Crippen LogP contribution in [0.15, 0.2) is 89.8 Å². The number of non-ortho nitro benzene ring substituents is 1. The predicted octanol–water partition coefficient (Wildman–Crippen LogP) is 3.71. The Kier molecular flexibility index (Phi) is 7.69. The highest BCUT2D eigenvalue weighted by Crippen LogP contribution is 2.26. The van der Waals surface area contributed by atoms with E-state index < -0.39 is 14.9 Å². The summed E-state index contributed by atoms with van der Waals surface area (Å²) >= 11 is 0. The van der Waals surface area contributed by atoms with E-state index in [4.69, 9.17) is 4.74 Å². The van der Waals surface area contributed by atoms with Crippen molar-refractivity contribution < 1.29 is 18.1 Å². The molecule has 1 fully saturated rings. The van der Waals surface area contributed by atoms with E-state index in [0.717, 1.165) is 17.2 Å². The van der Waals surface area contributed by atoms with Crippen LogP contribution in [0.5, 0.6) is 0 Å². The lowest BCUT2D eigenvalue weighted by atomic mass is 10.0. The minimum Gasteiger partial charge on any atom is -0.367 e. The molecule has 4 rings (SSSR count). The number of nitro groups is 1. The molecule has 34 heavy (non-hydrogen) atoms. The zero-order valence-corrected chi connectivity index (χ0v) is 19.5. The maximum absolute atomic E-state index is 12.9. The monoisotopic (exact) mass is 481 g/mol. The molecule has 3 aromatic carbocycles. The summed E-state index contributed by atoms with van der Waals surface area (Å²) in [6.45, 7) is 2.97. The fourth-order valence-electron chi connectivity index (χ4n) is 4.04. The van der Waals surface area contributed by atoms with Crippen LogP contribution in [0.3, 0.4) is 0 Å². The van der Waals surface area contributed by atoms with Crippen molar-refractivity contribution >= 4 is 15.7 Å². The largest absolute Gasteiger partial charge is 0.367 e. The lowest BCUT2D eigenvalue weighted by molar-refractivity contribution is -0.385. The molecule has 0 saturated carbocycles. The van der Waals surface area contributed by atoms with Crippen LogP contribution in [-0.2, 0) is 14.8 Å². The van der Waals surface area contributed by atoms with Gasteiger partial charge in [0.1, 0.15) is 6.10 Å². The Hall–Kier alpha value is -3.11. The standard InChI is InChI=1S/C25H27N3O5S/c29-28(30)23-12-7-13-24(20-23)34(31,32)27-16-14-26(15-17-27)18-19-33-25(21-8-3-1-4-9-21)22-10-5-2-6-11-22/h1-13,20,25H,14-19H2. The van der Waals surface area contributed by atoms with Crippen LogP contribution in [0.1, 0.15) is 17.2 Å². The Bertz CT molecular complexity index is 1160. The second-order valence-corrected chi connectivity index (χ2v) is 10.0. The first-order valence-electron chi connectivity index (χ1n) is 11.1. The summed E-state index contributed by atoms with van der Waals surface area (Å²) in [5, 5.41) is 11.0. The van der Waals surface area contributed by atoms with Crippen molar-refractivity contribution in [3.63, 3.8) is 0 Å². The lowest BCUT2D eigenvalue weighted by Crippen LogP contribution is -2.49. The van der Waals surface area contributed by atoms with E-state index in [9.17, 15) is 18.5 Å². The van der Waals surface area contributed by atoms with Crippen molar-refractivity contribution in [3.05, 3.63) is 106 Å². The van der Waals surface area contributed by atoms with Crippen LogP contribution in [0.25, 0.3) is 0 Å². The van der Waals surface area contributed by atoms with Crippen LogP contribution in [-0.4, -0.2) is 61.9 Å². The van der Waals surface area contributed by atoms with Crippen LogP contribution in [0, 0.1) is 10.1 Å². The fourth-order valence-corrected chi connectivity index (χ4v) is 5.50. The van der Waals surface area contributed by atoms with Gasteiger partial charge < -0.3 is 4.74 Å². The van der Waals surface area contributed by atoms with Gasteiger partial charge in [0.05, 0.1) is 16.4 Å². The summed E-state index contributed by atoms with van der Waals surface area (Å²) in [6.07, 6.45) is -0.169. The maximum Gasteiger partial charge on any atom is 0.270 e. The number of benzene rings is 3. The Labute approximate surface area is 199 Å². The van der Waals surface area contributed by atoms with Crippen LogP contribution < -0.4 is 0 Å². The number of rotatable bonds is 9. The van der Waals surface area contributed by atoms with E-state index in [1.54, 1.807) is 0 Å². The normalized spacial score (nSPS) is 15.4. The lowest BCUT2D eigenvalue weighted by Gasteiger charge is -2.34. The van der Waals surface area contributed by atoms with Gasteiger partial charge in [0.25, 0.3) is 5.69 Å². The smallest absolute Gasteiger partial charge is 0.270 e. The number of ether oxygens (including phenoxy) is 1. The molecule has 0 atom stereocenters. The topological polar surface area (TPSA) is 93.0 Å². The van der Waals surface area contributed by atoms with Gasteiger partial charge in [0.2, 0.25) is 10.0 Å². The highest BCUT2D eigenvalue weighted by atomic mass is 32.2. The predicted molar refractivity (Wildman–Crippen MR) is 129 cm³/mol. The van der Waals surface area contributed by atoms with E-state index in [1.165, 1.54) is 22.5 Å². The highest BCUT2D eigenvalue weighted by molar-refractivity contribution is 7.89. The third kappa shape index (κ3) is 5.68. The zero-order chi connectivity index (χ0) is 24.0. The minimum atomic E-state index is -3.78. The van der Waals surface area contributed by atoms with Crippen molar-refractivity contribution in [2.24, 2.45) is 0 Å². The van der Waals surface area contributed by atoms with Crippen molar-refractivity contribution in [2.45, 2.75) is 11.0 Å². The summed E-state index contributed by atoms with van der Waals surface area (Å²) in [5.74, 6) is 0. The van der Waals surface area contributed by atoms with Crippen LogP contribution in [0.4, 0.5) is 5.69 Å². The Morgan fingerprint density at radius 3 is 2.00 bits per heavy atom. The Morgan fingerprint density at radius 1 is 0.853 bits per heavy atom. The molecule has 0 spiro atoms. The van der Waals surface area contributed by atoms with Crippen molar-refractivity contribution in [1.82, 2.24) is 9.21 Å². The average Bonchev–Trinajstić information content (AvgIpc) is 2.88. The second-order valence-electron chi connectivity index (χ2n) is 8.07. The summed E-state index contributed by atoms with van der Waals surface area (Å²) < 4.78 is 33.6.